The number of esters is 1. The van der Waals surface area contributed by atoms with Crippen LogP contribution in [0.1, 0.15) is 99.8 Å². The summed E-state index contributed by atoms with van der Waals surface area (Å²) >= 11 is 0. The molecule has 8 atom stereocenters. The van der Waals surface area contributed by atoms with Gasteiger partial charge in [0.1, 0.15) is 6.10 Å². The molecule has 188 valence electrons. The molecule has 33 heavy (non-hydrogen) atoms. The number of rotatable bonds is 4. The lowest BCUT2D eigenvalue weighted by Crippen LogP contribution is -2.52. The van der Waals surface area contributed by atoms with Crippen molar-refractivity contribution >= 4 is 14.3 Å². The van der Waals surface area contributed by atoms with E-state index in [1.807, 2.05) is 0 Å². The van der Waals surface area contributed by atoms with Crippen LogP contribution in [0, 0.1) is 34.5 Å². The third-order valence-corrected chi connectivity index (χ3v) is 15.9. The standard InChI is InChI=1S/C29H50O3Si/c1-19(32-33(8,9)27(3,4)5)24-12-13-25-23-11-10-21-18-22(31-20(2)30)14-16-28(21,6)26(23)15-17-29(24,25)7/h10,19,22-26H,11-18H2,1-9H3/t19?,22?,23-,24+,25-,26-,28-,29+/m0/s1. The average Bonchev–Trinajstić information content (AvgIpc) is 3.04. The van der Waals surface area contributed by atoms with E-state index in [1.165, 1.54) is 38.5 Å². The summed E-state index contributed by atoms with van der Waals surface area (Å²) in [5.41, 5.74) is 2.32. The van der Waals surface area contributed by atoms with Crippen LogP contribution in [0.2, 0.25) is 18.1 Å². The molecular formula is C29H50O3Si. The van der Waals surface area contributed by atoms with Gasteiger partial charge >= 0.3 is 5.97 Å². The molecule has 0 spiro atoms. The number of hydrogen-bond donors (Lipinski definition) is 0. The largest absolute Gasteiger partial charge is 0.462 e. The fraction of sp³-hybridized carbons (Fsp3) is 0.897. The smallest absolute Gasteiger partial charge is 0.302 e. The van der Waals surface area contributed by atoms with Crippen molar-refractivity contribution in [1.82, 2.24) is 0 Å². The first-order valence-electron chi connectivity index (χ1n) is 13.7. The predicted octanol–water partition coefficient (Wildman–Crippen LogP) is 7.91. The van der Waals surface area contributed by atoms with Crippen LogP contribution < -0.4 is 0 Å². The second-order valence-electron chi connectivity index (χ2n) is 14.0. The Morgan fingerprint density at radius 2 is 1.79 bits per heavy atom. The number of fused-ring (bicyclic) bond motifs is 5. The van der Waals surface area contributed by atoms with Gasteiger partial charge < -0.3 is 9.16 Å². The van der Waals surface area contributed by atoms with Gasteiger partial charge in [0, 0.05) is 19.4 Å². The highest BCUT2D eigenvalue weighted by Gasteiger charge is 2.60. The van der Waals surface area contributed by atoms with Gasteiger partial charge in [0.05, 0.1) is 0 Å². The molecule has 0 bridgehead atoms. The summed E-state index contributed by atoms with van der Waals surface area (Å²) in [6.45, 7) is 21.0. The fourth-order valence-corrected chi connectivity index (χ4v) is 9.95. The summed E-state index contributed by atoms with van der Waals surface area (Å²) in [5, 5.41) is 0.266. The molecule has 3 fully saturated rings. The molecule has 0 aromatic rings. The second-order valence-corrected chi connectivity index (χ2v) is 18.8. The first kappa shape index (κ1) is 25.5. The molecule has 3 saturated carbocycles. The quantitative estimate of drug-likeness (QED) is 0.236. The van der Waals surface area contributed by atoms with Crippen LogP contribution >= 0.6 is 0 Å². The van der Waals surface area contributed by atoms with Gasteiger partial charge in [0.25, 0.3) is 0 Å². The van der Waals surface area contributed by atoms with Crippen LogP contribution in [-0.4, -0.2) is 26.5 Å². The van der Waals surface area contributed by atoms with Crippen molar-refractivity contribution in [3.8, 4) is 0 Å². The van der Waals surface area contributed by atoms with Crippen molar-refractivity contribution in [3.63, 3.8) is 0 Å². The zero-order chi connectivity index (χ0) is 24.4. The molecule has 3 nitrogen and oxygen atoms in total. The van der Waals surface area contributed by atoms with Crippen LogP contribution in [0.25, 0.3) is 0 Å². The summed E-state index contributed by atoms with van der Waals surface area (Å²) < 4.78 is 12.6. The topological polar surface area (TPSA) is 35.5 Å². The van der Waals surface area contributed by atoms with E-state index in [1.54, 1.807) is 12.5 Å². The van der Waals surface area contributed by atoms with E-state index in [-0.39, 0.29) is 17.1 Å². The zero-order valence-electron chi connectivity index (χ0n) is 22.9. The maximum atomic E-state index is 11.5. The molecule has 0 heterocycles. The minimum Gasteiger partial charge on any atom is -0.462 e. The van der Waals surface area contributed by atoms with Gasteiger partial charge in [0.15, 0.2) is 8.32 Å². The van der Waals surface area contributed by atoms with Crippen molar-refractivity contribution in [2.75, 3.05) is 0 Å². The molecule has 4 aliphatic rings. The second kappa shape index (κ2) is 8.50. The van der Waals surface area contributed by atoms with Gasteiger partial charge in [-0.05, 0) is 105 Å². The Balaban J connectivity index is 1.51. The Hall–Kier alpha value is -0.613. The van der Waals surface area contributed by atoms with E-state index in [0.29, 0.717) is 22.9 Å². The molecule has 0 aliphatic heterocycles. The lowest BCUT2D eigenvalue weighted by Gasteiger charge is -2.58. The van der Waals surface area contributed by atoms with Crippen molar-refractivity contribution in [2.45, 2.75) is 130 Å². The van der Waals surface area contributed by atoms with Gasteiger partial charge in [-0.15, -0.1) is 0 Å². The number of ether oxygens (including phenoxy) is 1. The van der Waals surface area contributed by atoms with Crippen LogP contribution in [0.15, 0.2) is 11.6 Å². The lowest BCUT2D eigenvalue weighted by molar-refractivity contribution is -0.148. The third-order valence-electron chi connectivity index (χ3n) is 11.3. The number of allylic oxidation sites excluding steroid dienone is 1. The van der Waals surface area contributed by atoms with Crippen LogP contribution in [0.3, 0.4) is 0 Å². The third kappa shape index (κ3) is 4.30. The Morgan fingerprint density at radius 3 is 2.42 bits per heavy atom. The molecule has 0 radical (unpaired) electrons. The average molecular weight is 475 g/mol. The highest BCUT2D eigenvalue weighted by atomic mass is 28.4. The minimum atomic E-state index is -1.76. The molecule has 0 N–H and O–H groups in total. The Bertz CT molecular complexity index is 795. The van der Waals surface area contributed by atoms with Crippen LogP contribution in [0.5, 0.6) is 0 Å². The maximum Gasteiger partial charge on any atom is 0.302 e. The fourth-order valence-electron chi connectivity index (χ4n) is 8.50. The van der Waals surface area contributed by atoms with E-state index >= 15 is 0 Å². The normalized spacial score (nSPS) is 42.0. The van der Waals surface area contributed by atoms with E-state index in [9.17, 15) is 4.79 Å². The molecule has 0 aromatic heterocycles. The Morgan fingerprint density at radius 1 is 1.09 bits per heavy atom. The number of carbonyl (C=O) groups is 1. The Kier molecular flexibility index (Phi) is 6.56. The molecular weight excluding hydrogens is 424 g/mol. The molecule has 4 aliphatic carbocycles. The summed E-state index contributed by atoms with van der Waals surface area (Å²) in [6, 6.07) is 0. The Labute approximate surface area is 204 Å². The van der Waals surface area contributed by atoms with E-state index < -0.39 is 8.32 Å². The van der Waals surface area contributed by atoms with Crippen LogP contribution in [-0.2, 0) is 14.0 Å². The molecule has 0 saturated heterocycles. The summed E-state index contributed by atoms with van der Waals surface area (Å²) in [4.78, 5) is 11.5. The monoisotopic (exact) mass is 474 g/mol. The van der Waals surface area contributed by atoms with Crippen LogP contribution in [0.4, 0.5) is 0 Å². The van der Waals surface area contributed by atoms with E-state index in [4.69, 9.17) is 9.16 Å². The minimum absolute atomic E-state index is 0.0939. The molecule has 2 unspecified atom stereocenters. The van der Waals surface area contributed by atoms with Gasteiger partial charge in [-0.1, -0.05) is 46.3 Å². The first-order valence-corrected chi connectivity index (χ1v) is 16.6. The first-order chi connectivity index (χ1) is 15.2. The van der Waals surface area contributed by atoms with Gasteiger partial charge in [0.2, 0.25) is 0 Å². The van der Waals surface area contributed by atoms with Crippen molar-refractivity contribution in [1.29, 1.82) is 0 Å². The lowest BCUT2D eigenvalue weighted by atomic mass is 9.47. The summed E-state index contributed by atoms with van der Waals surface area (Å²) in [5.74, 6) is 3.00. The molecule has 0 aromatic carbocycles. The zero-order valence-corrected chi connectivity index (χ0v) is 23.9. The summed E-state index contributed by atoms with van der Waals surface area (Å²) in [6.07, 6.45) is 12.8. The number of hydrogen-bond acceptors (Lipinski definition) is 3. The predicted molar refractivity (Wildman–Crippen MR) is 138 cm³/mol. The SMILES string of the molecule is CC(=O)OC1CC[C@@]2(C)C(=CC[C@H]3[C@@H]4CC[C@H](C(C)O[Si](C)(C)C(C)(C)C)[C@@]4(C)CC[C@@H]32)C1. The highest BCUT2D eigenvalue weighted by molar-refractivity contribution is 6.74. The van der Waals surface area contributed by atoms with E-state index in [2.05, 4.69) is 60.7 Å². The molecule has 4 heteroatoms. The maximum absolute atomic E-state index is 11.5. The van der Waals surface area contributed by atoms with Gasteiger partial charge in [-0.2, -0.15) is 0 Å². The molecule has 0 amide bonds. The van der Waals surface area contributed by atoms with E-state index in [0.717, 1.165) is 30.6 Å². The van der Waals surface area contributed by atoms with Gasteiger partial charge in [-0.3, -0.25) is 4.79 Å². The summed E-state index contributed by atoms with van der Waals surface area (Å²) in [7, 11) is -1.76. The molecule has 4 rings (SSSR count). The highest BCUT2D eigenvalue weighted by Crippen LogP contribution is 2.67. The van der Waals surface area contributed by atoms with Crippen molar-refractivity contribution in [2.24, 2.45) is 34.5 Å². The van der Waals surface area contributed by atoms with Crippen molar-refractivity contribution in [3.05, 3.63) is 11.6 Å². The van der Waals surface area contributed by atoms with Gasteiger partial charge in [-0.25, -0.2) is 0 Å². The number of carbonyl (C=O) groups excluding carboxylic acids is 1. The van der Waals surface area contributed by atoms with Crippen molar-refractivity contribution < 1.29 is 14.0 Å².